The van der Waals surface area contributed by atoms with Crippen molar-refractivity contribution >= 4 is 28.1 Å². The molecule has 4 rings (SSSR count). The monoisotopic (exact) mass is 367 g/mol. The number of pyridine rings is 1. The molecular weight excluding hydrogens is 346 g/mol. The van der Waals surface area contributed by atoms with Crippen LogP contribution in [0.1, 0.15) is 22.4 Å². The number of fused-ring (bicyclic) bond motifs is 1. The van der Waals surface area contributed by atoms with Gasteiger partial charge in [-0.25, -0.2) is 4.98 Å². The van der Waals surface area contributed by atoms with Gasteiger partial charge in [0.25, 0.3) is 0 Å². The van der Waals surface area contributed by atoms with E-state index in [1.54, 1.807) is 17.5 Å². The van der Waals surface area contributed by atoms with E-state index < -0.39 is 0 Å². The Bertz CT molecular complexity index is 834. The molecule has 0 unspecified atom stereocenters. The Morgan fingerprint density at radius 1 is 1.27 bits per heavy atom. The molecule has 0 aromatic carbocycles. The first-order chi connectivity index (χ1) is 12.7. The van der Waals surface area contributed by atoms with E-state index in [4.69, 9.17) is 0 Å². The van der Waals surface area contributed by atoms with E-state index in [-0.39, 0.29) is 5.91 Å². The molecule has 1 aliphatic heterocycles. The molecule has 1 amide bonds. The molecule has 1 aliphatic carbocycles. The van der Waals surface area contributed by atoms with Gasteiger partial charge in [-0.15, -0.1) is 11.3 Å². The van der Waals surface area contributed by atoms with Crippen molar-refractivity contribution in [1.82, 2.24) is 9.88 Å². The lowest BCUT2D eigenvalue weighted by molar-refractivity contribution is -0.117. The molecule has 26 heavy (non-hydrogen) atoms. The van der Waals surface area contributed by atoms with Crippen LogP contribution in [0.25, 0.3) is 0 Å². The van der Waals surface area contributed by atoms with Crippen molar-refractivity contribution in [1.29, 1.82) is 5.26 Å². The maximum Gasteiger partial charge on any atom is 0.239 e. The number of hydrogen-bond acceptors (Lipinski definition) is 6. The lowest BCUT2D eigenvalue weighted by Gasteiger charge is -2.34. The molecule has 134 valence electrons. The third-order valence-electron chi connectivity index (χ3n) is 5.00. The van der Waals surface area contributed by atoms with Crippen molar-refractivity contribution in [3.63, 3.8) is 0 Å². The minimum atomic E-state index is -0.0345. The van der Waals surface area contributed by atoms with Crippen molar-refractivity contribution < 1.29 is 4.79 Å². The molecule has 6 nitrogen and oxygen atoms in total. The minimum absolute atomic E-state index is 0.0345. The van der Waals surface area contributed by atoms with E-state index in [9.17, 15) is 10.1 Å². The minimum Gasteiger partial charge on any atom is -0.354 e. The van der Waals surface area contributed by atoms with Crippen LogP contribution in [0, 0.1) is 11.3 Å². The molecule has 1 saturated heterocycles. The van der Waals surface area contributed by atoms with E-state index >= 15 is 0 Å². The van der Waals surface area contributed by atoms with E-state index in [2.05, 4.69) is 26.2 Å². The zero-order valence-electron chi connectivity index (χ0n) is 14.6. The Kier molecular flexibility index (Phi) is 4.87. The lowest BCUT2D eigenvalue weighted by atomic mass is 10.1. The van der Waals surface area contributed by atoms with Gasteiger partial charge in [0.15, 0.2) is 0 Å². The largest absolute Gasteiger partial charge is 0.354 e. The van der Waals surface area contributed by atoms with Crippen molar-refractivity contribution in [2.75, 3.05) is 42.9 Å². The predicted molar refractivity (Wildman–Crippen MR) is 103 cm³/mol. The topological polar surface area (TPSA) is 72.3 Å². The van der Waals surface area contributed by atoms with Crippen LogP contribution in [0.15, 0.2) is 24.4 Å². The second-order valence-corrected chi connectivity index (χ2v) is 7.78. The highest BCUT2D eigenvalue weighted by molar-refractivity contribution is 7.16. The molecule has 0 atom stereocenters. The first-order valence-electron chi connectivity index (χ1n) is 8.97. The van der Waals surface area contributed by atoms with Gasteiger partial charge in [0.05, 0.1) is 12.1 Å². The Hall–Kier alpha value is -2.43. The molecule has 2 aromatic heterocycles. The van der Waals surface area contributed by atoms with Crippen LogP contribution in [0.4, 0.5) is 10.8 Å². The van der Waals surface area contributed by atoms with E-state index in [1.165, 1.54) is 4.88 Å². The summed E-state index contributed by atoms with van der Waals surface area (Å²) in [7, 11) is 0. The second kappa shape index (κ2) is 7.44. The summed E-state index contributed by atoms with van der Waals surface area (Å²) in [6, 6.07) is 8.20. The van der Waals surface area contributed by atoms with Crippen molar-refractivity contribution in [3.8, 4) is 6.07 Å². The van der Waals surface area contributed by atoms with Crippen LogP contribution in [0.5, 0.6) is 0 Å². The standard InChI is InChI=1S/C19H21N5OS/c20-12-15-14-4-3-5-16(14)26-19(15)22-18(25)13-23-8-10-24(11-9-23)17-6-1-2-7-21-17/h1-2,6-7H,3-5,8-11,13H2,(H,22,25). The number of thiophene rings is 1. The number of carbonyl (C=O) groups is 1. The number of carbonyl (C=O) groups excluding carboxylic acids is 1. The zero-order chi connectivity index (χ0) is 17.9. The summed E-state index contributed by atoms with van der Waals surface area (Å²) in [6.45, 7) is 3.75. The van der Waals surface area contributed by atoms with Crippen LogP contribution in [0.3, 0.4) is 0 Å². The molecule has 7 heteroatoms. The lowest BCUT2D eigenvalue weighted by Crippen LogP contribution is -2.48. The molecule has 0 spiro atoms. The molecule has 0 saturated carbocycles. The summed E-state index contributed by atoms with van der Waals surface area (Å²) < 4.78 is 0. The number of piperazine rings is 1. The van der Waals surface area contributed by atoms with Gasteiger partial charge in [0, 0.05) is 37.3 Å². The number of nitrogens with zero attached hydrogens (tertiary/aromatic N) is 4. The van der Waals surface area contributed by atoms with Gasteiger partial charge in [-0.2, -0.15) is 5.26 Å². The number of nitrogens with one attached hydrogen (secondary N) is 1. The number of anilines is 2. The Morgan fingerprint density at radius 3 is 2.85 bits per heavy atom. The molecule has 1 N–H and O–H groups in total. The molecular formula is C19H21N5OS. The fraction of sp³-hybridized carbons (Fsp3) is 0.421. The normalized spacial score (nSPS) is 17.0. The van der Waals surface area contributed by atoms with E-state index in [0.29, 0.717) is 12.1 Å². The second-order valence-electron chi connectivity index (χ2n) is 6.67. The third-order valence-corrected chi connectivity index (χ3v) is 6.21. The highest BCUT2D eigenvalue weighted by Crippen LogP contribution is 2.38. The Labute approximate surface area is 157 Å². The van der Waals surface area contributed by atoms with Gasteiger partial charge in [0.2, 0.25) is 5.91 Å². The summed E-state index contributed by atoms with van der Waals surface area (Å²) >= 11 is 1.57. The summed E-state index contributed by atoms with van der Waals surface area (Å²) in [5.41, 5.74) is 1.83. The van der Waals surface area contributed by atoms with Crippen LogP contribution in [-0.2, 0) is 17.6 Å². The molecule has 1 fully saturated rings. The maximum absolute atomic E-state index is 12.4. The SMILES string of the molecule is N#Cc1c(NC(=O)CN2CCN(c3ccccn3)CC2)sc2c1CCC2. The van der Waals surface area contributed by atoms with Crippen LogP contribution < -0.4 is 10.2 Å². The van der Waals surface area contributed by atoms with E-state index in [1.807, 2.05) is 18.2 Å². The van der Waals surface area contributed by atoms with Crippen LogP contribution in [0.2, 0.25) is 0 Å². The number of hydrogen-bond donors (Lipinski definition) is 1. The Morgan fingerprint density at radius 2 is 2.12 bits per heavy atom. The zero-order valence-corrected chi connectivity index (χ0v) is 15.4. The number of nitriles is 1. The first kappa shape index (κ1) is 17.0. The van der Waals surface area contributed by atoms with Gasteiger partial charge < -0.3 is 10.2 Å². The highest BCUT2D eigenvalue weighted by Gasteiger charge is 2.24. The van der Waals surface area contributed by atoms with Crippen molar-refractivity contribution in [2.24, 2.45) is 0 Å². The number of aryl methyl sites for hydroxylation is 1. The average Bonchev–Trinajstić information content (AvgIpc) is 3.23. The predicted octanol–water partition coefficient (Wildman–Crippen LogP) is 2.26. The quantitative estimate of drug-likeness (QED) is 0.897. The van der Waals surface area contributed by atoms with Crippen molar-refractivity contribution in [2.45, 2.75) is 19.3 Å². The van der Waals surface area contributed by atoms with Gasteiger partial charge in [-0.3, -0.25) is 9.69 Å². The molecule has 0 radical (unpaired) electrons. The highest BCUT2D eigenvalue weighted by atomic mass is 32.1. The van der Waals surface area contributed by atoms with Gasteiger partial charge >= 0.3 is 0 Å². The van der Waals surface area contributed by atoms with Crippen LogP contribution >= 0.6 is 11.3 Å². The summed E-state index contributed by atoms with van der Waals surface area (Å²) in [5, 5.41) is 13.1. The fourth-order valence-corrected chi connectivity index (χ4v) is 4.91. The maximum atomic E-state index is 12.4. The van der Waals surface area contributed by atoms with Crippen LogP contribution in [-0.4, -0.2) is 48.5 Å². The fourth-order valence-electron chi connectivity index (χ4n) is 3.66. The van der Waals surface area contributed by atoms with Gasteiger partial charge in [0.1, 0.15) is 16.9 Å². The average molecular weight is 367 g/mol. The third kappa shape index (κ3) is 3.43. The van der Waals surface area contributed by atoms with E-state index in [0.717, 1.165) is 61.8 Å². The number of rotatable bonds is 4. The molecule has 2 aromatic rings. The smallest absolute Gasteiger partial charge is 0.239 e. The summed E-state index contributed by atoms with van der Waals surface area (Å²) in [4.78, 5) is 22.5. The summed E-state index contributed by atoms with van der Waals surface area (Å²) in [5.74, 6) is 0.955. The number of amides is 1. The van der Waals surface area contributed by atoms with Gasteiger partial charge in [-0.1, -0.05) is 6.07 Å². The molecule has 3 heterocycles. The first-order valence-corrected chi connectivity index (χ1v) is 9.79. The molecule has 2 aliphatic rings. The Balaban J connectivity index is 1.32. The summed E-state index contributed by atoms with van der Waals surface area (Å²) in [6.07, 6.45) is 4.91. The number of aromatic nitrogens is 1. The van der Waals surface area contributed by atoms with Crippen molar-refractivity contribution in [3.05, 3.63) is 40.4 Å². The van der Waals surface area contributed by atoms with Gasteiger partial charge in [-0.05, 0) is 37.0 Å². The molecule has 0 bridgehead atoms.